The van der Waals surface area contributed by atoms with E-state index in [9.17, 15) is 13.2 Å². The maximum absolute atomic E-state index is 12.1. The number of rotatable bonds is 4. The van der Waals surface area contributed by atoms with Crippen molar-refractivity contribution in [2.24, 2.45) is 5.41 Å². The van der Waals surface area contributed by atoms with Crippen LogP contribution in [0, 0.1) is 5.41 Å². The number of nitrogens with one attached hydrogen (secondary N) is 1. The van der Waals surface area contributed by atoms with E-state index in [4.69, 9.17) is 22.3 Å². The molecule has 0 bridgehead atoms. The number of amides is 1. The average molecular weight is 417 g/mol. The Morgan fingerprint density at radius 2 is 1.90 bits per heavy atom. The second-order valence-electron chi connectivity index (χ2n) is 5.77. The zero-order valence-corrected chi connectivity index (χ0v) is 15.8. The predicted molar refractivity (Wildman–Crippen MR) is 88.6 cm³/mol. The molecule has 0 radical (unpaired) electrons. The van der Waals surface area contributed by atoms with Gasteiger partial charge in [0.1, 0.15) is 0 Å². The molecular weight excluding hydrogens is 401 g/mol. The lowest BCUT2D eigenvalue weighted by Crippen LogP contribution is -2.27. The van der Waals surface area contributed by atoms with E-state index in [1.165, 1.54) is 12.1 Å². The van der Waals surface area contributed by atoms with Gasteiger partial charge >= 0.3 is 0 Å². The molecule has 0 unspecified atom stereocenters. The molecule has 0 aliphatic carbocycles. The molecule has 0 saturated heterocycles. The van der Waals surface area contributed by atoms with Gasteiger partial charge in [-0.15, -0.1) is 0 Å². The summed E-state index contributed by atoms with van der Waals surface area (Å²) in [6, 6.07) is 2.43. The first-order chi connectivity index (χ1) is 9.42. The fraction of sp³-hybridized carbons (Fsp3) is 0.462. The van der Waals surface area contributed by atoms with Crippen LogP contribution in [0.25, 0.3) is 0 Å². The van der Waals surface area contributed by atoms with E-state index in [-0.39, 0.29) is 20.9 Å². The van der Waals surface area contributed by atoms with Crippen LogP contribution in [0.1, 0.15) is 37.6 Å². The highest BCUT2D eigenvalue weighted by Gasteiger charge is 2.20. The third kappa shape index (κ3) is 5.77. The first-order valence-corrected chi connectivity index (χ1v) is 9.62. The minimum Gasteiger partial charge on any atom is -0.352 e. The Balaban J connectivity index is 3.02. The van der Waals surface area contributed by atoms with Gasteiger partial charge in [0, 0.05) is 21.7 Å². The molecule has 4 nitrogen and oxygen atoms in total. The molecule has 118 valence electrons. The summed E-state index contributed by atoms with van der Waals surface area (Å²) in [4.78, 5) is 11.9. The summed E-state index contributed by atoms with van der Waals surface area (Å²) in [5.74, 6) is -0.438. The molecule has 1 amide bonds. The highest BCUT2D eigenvalue weighted by Crippen LogP contribution is 2.31. The monoisotopic (exact) mass is 415 g/mol. The van der Waals surface area contributed by atoms with Crippen LogP contribution in [-0.2, 0) is 9.05 Å². The van der Waals surface area contributed by atoms with Crippen molar-refractivity contribution in [2.75, 3.05) is 6.54 Å². The quantitative estimate of drug-likeness (QED) is 0.748. The summed E-state index contributed by atoms with van der Waals surface area (Å²) in [5.41, 5.74) is 0.151. The van der Waals surface area contributed by atoms with Gasteiger partial charge in [-0.25, -0.2) is 8.42 Å². The largest absolute Gasteiger partial charge is 0.352 e. The SMILES string of the molecule is CC(C)(C)CCNC(=O)c1cc(S(=O)(=O)Cl)cc(Br)c1Cl. The third-order valence-corrected chi connectivity index (χ3v) is 5.28. The number of halogens is 3. The van der Waals surface area contributed by atoms with E-state index in [1.807, 2.05) is 0 Å². The van der Waals surface area contributed by atoms with Crippen molar-refractivity contribution in [3.05, 3.63) is 27.2 Å². The van der Waals surface area contributed by atoms with Crippen LogP contribution in [-0.4, -0.2) is 20.9 Å². The lowest BCUT2D eigenvalue weighted by atomic mass is 9.92. The zero-order chi connectivity index (χ0) is 16.4. The van der Waals surface area contributed by atoms with Crippen molar-refractivity contribution in [2.45, 2.75) is 32.1 Å². The number of carbonyl (C=O) groups is 1. The van der Waals surface area contributed by atoms with Gasteiger partial charge in [-0.1, -0.05) is 32.4 Å². The van der Waals surface area contributed by atoms with Crippen molar-refractivity contribution in [3.8, 4) is 0 Å². The van der Waals surface area contributed by atoms with Gasteiger partial charge in [0.15, 0.2) is 0 Å². The molecule has 0 saturated carbocycles. The molecular formula is C13H16BrCl2NO3S. The standard InChI is InChI=1S/C13H16BrCl2NO3S/c1-13(2,3)4-5-17-12(18)9-6-8(21(16,19)20)7-10(14)11(9)15/h6-7H,4-5H2,1-3H3,(H,17,18). The van der Waals surface area contributed by atoms with Crippen LogP contribution in [0.3, 0.4) is 0 Å². The summed E-state index contributed by atoms with van der Waals surface area (Å²) in [6.45, 7) is 6.64. The Bertz CT molecular complexity index is 654. The molecule has 0 aliphatic rings. The minimum absolute atomic E-state index is 0.0687. The van der Waals surface area contributed by atoms with Crippen LogP contribution in [0.15, 0.2) is 21.5 Å². The number of carbonyl (C=O) groups excluding carboxylic acids is 1. The second-order valence-corrected chi connectivity index (χ2v) is 9.57. The molecule has 0 fully saturated rings. The van der Waals surface area contributed by atoms with E-state index < -0.39 is 15.0 Å². The topological polar surface area (TPSA) is 63.2 Å². The fourth-order valence-corrected chi connectivity index (χ4v) is 3.11. The van der Waals surface area contributed by atoms with E-state index in [1.54, 1.807) is 0 Å². The molecule has 1 aromatic rings. The van der Waals surface area contributed by atoms with Crippen LogP contribution in [0.4, 0.5) is 0 Å². The molecule has 0 aliphatic heterocycles. The fourth-order valence-electron chi connectivity index (χ4n) is 1.52. The van der Waals surface area contributed by atoms with Crippen LogP contribution in [0.2, 0.25) is 5.02 Å². The normalized spacial score (nSPS) is 12.3. The van der Waals surface area contributed by atoms with Crippen LogP contribution >= 0.6 is 38.2 Å². The Hall–Kier alpha value is -0.300. The molecule has 0 spiro atoms. The van der Waals surface area contributed by atoms with Crippen molar-refractivity contribution in [3.63, 3.8) is 0 Å². The lowest BCUT2D eigenvalue weighted by molar-refractivity contribution is 0.0949. The van der Waals surface area contributed by atoms with Gasteiger partial charge in [-0.2, -0.15) is 0 Å². The third-order valence-electron chi connectivity index (χ3n) is 2.69. The maximum Gasteiger partial charge on any atom is 0.261 e. The van der Waals surface area contributed by atoms with Crippen molar-refractivity contribution in [1.82, 2.24) is 5.32 Å². The number of benzene rings is 1. The maximum atomic E-state index is 12.1. The van der Waals surface area contributed by atoms with Gasteiger partial charge in [-0.3, -0.25) is 4.79 Å². The molecule has 1 rings (SSSR count). The Kier molecular flexibility index (Phi) is 6.12. The lowest BCUT2D eigenvalue weighted by Gasteiger charge is -2.18. The average Bonchev–Trinajstić information content (AvgIpc) is 2.29. The smallest absolute Gasteiger partial charge is 0.261 e. The van der Waals surface area contributed by atoms with E-state index in [2.05, 4.69) is 42.0 Å². The van der Waals surface area contributed by atoms with Crippen LogP contribution in [0.5, 0.6) is 0 Å². The van der Waals surface area contributed by atoms with Gasteiger partial charge in [0.2, 0.25) is 0 Å². The first-order valence-electron chi connectivity index (χ1n) is 6.14. The molecule has 0 atom stereocenters. The Morgan fingerprint density at radius 1 is 1.33 bits per heavy atom. The van der Waals surface area contributed by atoms with E-state index >= 15 is 0 Å². The van der Waals surface area contributed by atoms with Gasteiger partial charge in [0.25, 0.3) is 15.0 Å². The number of hydrogen-bond acceptors (Lipinski definition) is 3. The molecule has 21 heavy (non-hydrogen) atoms. The molecule has 1 N–H and O–H groups in total. The van der Waals surface area contributed by atoms with Crippen LogP contribution < -0.4 is 5.32 Å². The highest BCUT2D eigenvalue weighted by molar-refractivity contribution is 9.10. The summed E-state index contributed by atoms with van der Waals surface area (Å²) >= 11 is 9.16. The first kappa shape index (κ1) is 18.7. The Labute approximate surface area is 142 Å². The number of hydrogen-bond donors (Lipinski definition) is 1. The molecule has 0 heterocycles. The summed E-state index contributed by atoms with van der Waals surface area (Å²) in [6.07, 6.45) is 0.783. The second kappa shape index (κ2) is 6.86. The van der Waals surface area contributed by atoms with E-state index in [0.717, 1.165) is 6.42 Å². The van der Waals surface area contributed by atoms with E-state index in [0.29, 0.717) is 11.0 Å². The van der Waals surface area contributed by atoms with Gasteiger partial charge < -0.3 is 5.32 Å². The van der Waals surface area contributed by atoms with Gasteiger partial charge in [0.05, 0.1) is 15.5 Å². The van der Waals surface area contributed by atoms with Crippen molar-refractivity contribution in [1.29, 1.82) is 0 Å². The predicted octanol–water partition coefficient (Wildman–Crippen LogP) is 4.20. The summed E-state index contributed by atoms with van der Waals surface area (Å²) < 4.78 is 23.1. The molecule has 8 heteroatoms. The minimum atomic E-state index is -3.94. The van der Waals surface area contributed by atoms with Crippen molar-refractivity contribution >= 4 is 53.2 Å². The zero-order valence-electron chi connectivity index (χ0n) is 11.8. The Morgan fingerprint density at radius 3 is 2.38 bits per heavy atom. The van der Waals surface area contributed by atoms with Gasteiger partial charge in [-0.05, 0) is 39.9 Å². The molecule has 0 aromatic heterocycles. The molecule has 1 aromatic carbocycles. The summed E-state index contributed by atoms with van der Waals surface area (Å²) in [5, 5.41) is 2.87. The summed E-state index contributed by atoms with van der Waals surface area (Å²) in [7, 11) is 1.36. The van der Waals surface area contributed by atoms with Crippen molar-refractivity contribution < 1.29 is 13.2 Å². The highest BCUT2D eigenvalue weighted by atomic mass is 79.9.